The van der Waals surface area contributed by atoms with Gasteiger partial charge in [-0.25, -0.2) is 14.6 Å². The van der Waals surface area contributed by atoms with Gasteiger partial charge in [0.2, 0.25) is 5.89 Å². The van der Waals surface area contributed by atoms with Crippen LogP contribution in [-0.2, 0) is 9.53 Å². The van der Waals surface area contributed by atoms with Crippen molar-refractivity contribution in [2.75, 3.05) is 0 Å². The molecule has 0 fully saturated rings. The third-order valence-electron chi connectivity index (χ3n) is 3.64. The van der Waals surface area contributed by atoms with Crippen LogP contribution in [-0.4, -0.2) is 21.8 Å². The molecule has 0 aliphatic heterocycles. The average molecular weight is 380 g/mol. The highest BCUT2D eigenvalue weighted by molar-refractivity contribution is 5.98. The number of hydrogen-bond donors (Lipinski definition) is 0. The van der Waals surface area contributed by atoms with E-state index < -0.39 is 22.5 Å². The first-order chi connectivity index (χ1) is 13.3. The van der Waals surface area contributed by atoms with Crippen molar-refractivity contribution >= 4 is 40.7 Å². The predicted octanol–water partition coefficient (Wildman–Crippen LogP) is 2.97. The van der Waals surface area contributed by atoms with Gasteiger partial charge in [-0.2, -0.15) is 0 Å². The van der Waals surface area contributed by atoms with Crippen LogP contribution in [0, 0.1) is 10.1 Å². The summed E-state index contributed by atoms with van der Waals surface area (Å²) in [6.45, 7) is 1.10. The third-order valence-corrected chi connectivity index (χ3v) is 3.64. The molecule has 0 amide bonds. The maximum absolute atomic E-state index is 12.1. The van der Waals surface area contributed by atoms with E-state index in [-0.39, 0.29) is 28.0 Å². The molecule has 0 aliphatic rings. The van der Waals surface area contributed by atoms with Crippen molar-refractivity contribution in [1.82, 2.24) is 4.98 Å². The molecule has 0 bridgehead atoms. The van der Waals surface area contributed by atoms with E-state index in [4.69, 9.17) is 4.42 Å². The molecule has 0 radical (unpaired) electrons. The van der Waals surface area contributed by atoms with Crippen molar-refractivity contribution in [3.05, 3.63) is 80.0 Å². The molecule has 0 aliphatic carbocycles. The first-order valence-electron chi connectivity index (χ1n) is 7.93. The first kappa shape index (κ1) is 18.6. The Balaban J connectivity index is 1.93. The molecule has 0 spiro atoms. The normalized spacial score (nSPS) is 10.9. The summed E-state index contributed by atoms with van der Waals surface area (Å²) in [6, 6.07) is 9.76. The third kappa shape index (κ3) is 4.15. The number of nitrogens with zero attached hydrogens (tertiary/aromatic N) is 2. The number of ether oxygens (including phenoxy) is 1. The number of benzene rings is 2. The summed E-state index contributed by atoms with van der Waals surface area (Å²) in [5, 5.41) is 10.8. The molecule has 3 rings (SSSR count). The molecule has 3 aromatic rings. The van der Waals surface area contributed by atoms with E-state index in [9.17, 15) is 24.5 Å². The SMILES string of the molecule is CC(=O)OC(=O)c1ccc2c(=O)oc(C=Cc3ccc([N+](=O)[O-])cc3)nc2c1. The van der Waals surface area contributed by atoms with Gasteiger partial charge in [-0.05, 0) is 42.0 Å². The lowest BCUT2D eigenvalue weighted by Gasteiger charge is -2.02. The fourth-order valence-corrected chi connectivity index (χ4v) is 2.35. The largest absolute Gasteiger partial charge is 0.404 e. The Morgan fingerprint density at radius 1 is 1.14 bits per heavy atom. The molecule has 2 aromatic carbocycles. The van der Waals surface area contributed by atoms with Gasteiger partial charge in [0, 0.05) is 25.1 Å². The second-order valence-corrected chi connectivity index (χ2v) is 5.63. The quantitative estimate of drug-likeness (QED) is 0.292. The maximum atomic E-state index is 12.1. The zero-order valence-electron chi connectivity index (χ0n) is 14.4. The van der Waals surface area contributed by atoms with Crippen molar-refractivity contribution in [2.24, 2.45) is 0 Å². The lowest BCUT2D eigenvalue weighted by Crippen LogP contribution is -2.10. The van der Waals surface area contributed by atoms with E-state index in [2.05, 4.69) is 9.72 Å². The second kappa shape index (κ2) is 7.62. The highest BCUT2D eigenvalue weighted by atomic mass is 16.6. The molecular formula is C19H12N2O7. The fraction of sp³-hybridized carbons (Fsp3) is 0.0526. The number of nitro benzene ring substituents is 1. The number of carbonyl (C=O) groups is 2. The molecule has 1 heterocycles. The molecule has 140 valence electrons. The lowest BCUT2D eigenvalue weighted by atomic mass is 10.1. The van der Waals surface area contributed by atoms with Crippen LogP contribution < -0.4 is 5.63 Å². The number of rotatable bonds is 4. The van der Waals surface area contributed by atoms with Crippen LogP contribution in [0.4, 0.5) is 5.69 Å². The first-order valence-corrected chi connectivity index (χ1v) is 7.93. The van der Waals surface area contributed by atoms with Crippen LogP contribution in [0.3, 0.4) is 0 Å². The van der Waals surface area contributed by atoms with Crippen LogP contribution in [0.5, 0.6) is 0 Å². The highest BCUT2D eigenvalue weighted by Crippen LogP contribution is 2.16. The van der Waals surface area contributed by atoms with Crippen LogP contribution >= 0.6 is 0 Å². The van der Waals surface area contributed by atoms with E-state index >= 15 is 0 Å². The summed E-state index contributed by atoms with van der Waals surface area (Å²) in [5.41, 5.74) is 0.190. The Hall–Kier alpha value is -4.14. The Labute approximate surface area is 157 Å². The van der Waals surface area contributed by atoms with E-state index in [0.717, 1.165) is 6.92 Å². The number of hydrogen-bond acceptors (Lipinski definition) is 8. The molecule has 9 heteroatoms. The maximum Gasteiger partial charge on any atom is 0.347 e. The molecule has 28 heavy (non-hydrogen) atoms. The Bertz CT molecular complexity index is 1180. The summed E-state index contributed by atoms with van der Waals surface area (Å²) in [4.78, 5) is 49.2. The minimum atomic E-state index is -0.854. The van der Waals surface area contributed by atoms with Gasteiger partial charge in [0.25, 0.3) is 5.69 Å². The smallest absolute Gasteiger partial charge is 0.347 e. The highest BCUT2D eigenvalue weighted by Gasteiger charge is 2.13. The minimum absolute atomic E-state index is 0.0204. The Morgan fingerprint density at radius 2 is 1.86 bits per heavy atom. The number of aromatic nitrogens is 1. The van der Waals surface area contributed by atoms with Gasteiger partial charge < -0.3 is 9.15 Å². The van der Waals surface area contributed by atoms with Gasteiger partial charge in [0.05, 0.1) is 21.4 Å². The predicted molar refractivity (Wildman–Crippen MR) is 98.4 cm³/mol. The fourth-order valence-electron chi connectivity index (χ4n) is 2.35. The standard InChI is InChI=1S/C19H12N2O7/c1-11(22)27-18(23)13-5-8-15-16(10-13)20-17(28-19(15)24)9-4-12-2-6-14(7-3-12)21(25)26/h2-10H,1H3. The molecule has 0 saturated carbocycles. The van der Waals surface area contributed by atoms with Crippen molar-refractivity contribution in [1.29, 1.82) is 0 Å². The van der Waals surface area contributed by atoms with Gasteiger partial charge in [-0.3, -0.25) is 14.9 Å². The zero-order valence-corrected chi connectivity index (χ0v) is 14.4. The topological polar surface area (TPSA) is 130 Å². The summed E-state index contributed by atoms with van der Waals surface area (Å²) in [5.74, 6) is -1.63. The molecule has 9 nitrogen and oxygen atoms in total. The second-order valence-electron chi connectivity index (χ2n) is 5.63. The Morgan fingerprint density at radius 3 is 2.50 bits per heavy atom. The van der Waals surface area contributed by atoms with Gasteiger partial charge >= 0.3 is 17.6 Å². The minimum Gasteiger partial charge on any atom is -0.404 e. The molecule has 0 atom stereocenters. The summed E-state index contributed by atoms with van der Waals surface area (Å²) in [6.07, 6.45) is 2.98. The van der Waals surface area contributed by atoms with Crippen molar-refractivity contribution < 1.29 is 23.7 Å². The van der Waals surface area contributed by atoms with Crippen LogP contribution in [0.1, 0.15) is 28.7 Å². The number of nitro groups is 1. The summed E-state index contributed by atoms with van der Waals surface area (Å²) < 4.78 is 9.62. The Kier molecular flexibility index (Phi) is 5.07. The van der Waals surface area contributed by atoms with Gasteiger partial charge in [-0.15, -0.1) is 0 Å². The lowest BCUT2D eigenvalue weighted by molar-refractivity contribution is -0.384. The van der Waals surface area contributed by atoms with Gasteiger partial charge in [0.15, 0.2) is 0 Å². The molecule has 0 unspecified atom stereocenters. The van der Waals surface area contributed by atoms with Gasteiger partial charge in [0.1, 0.15) is 0 Å². The number of fused-ring (bicyclic) bond motifs is 1. The monoisotopic (exact) mass is 380 g/mol. The van der Waals surface area contributed by atoms with Crippen molar-refractivity contribution in [3.8, 4) is 0 Å². The van der Waals surface area contributed by atoms with Crippen LogP contribution in [0.25, 0.3) is 23.1 Å². The molecule has 1 aromatic heterocycles. The van der Waals surface area contributed by atoms with E-state index in [1.807, 2.05) is 0 Å². The number of esters is 2. The molecule has 0 saturated heterocycles. The van der Waals surface area contributed by atoms with Crippen LogP contribution in [0.15, 0.2) is 51.7 Å². The van der Waals surface area contributed by atoms with E-state index in [0.29, 0.717) is 5.56 Å². The van der Waals surface area contributed by atoms with Gasteiger partial charge in [-0.1, -0.05) is 0 Å². The molecular weight excluding hydrogens is 368 g/mol. The number of non-ortho nitro benzene ring substituents is 1. The van der Waals surface area contributed by atoms with Crippen LogP contribution in [0.2, 0.25) is 0 Å². The van der Waals surface area contributed by atoms with Crippen molar-refractivity contribution in [2.45, 2.75) is 6.92 Å². The van der Waals surface area contributed by atoms with E-state index in [1.54, 1.807) is 6.08 Å². The summed E-state index contributed by atoms with van der Waals surface area (Å²) >= 11 is 0. The molecule has 0 N–H and O–H groups in total. The van der Waals surface area contributed by atoms with Crippen molar-refractivity contribution in [3.63, 3.8) is 0 Å². The average Bonchev–Trinajstić information content (AvgIpc) is 2.65. The van der Waals surface area contributed by atoms with E-state index in [1.165, 1.54) is 48.5 Å². The summed E-state index contributed by atoms with van der Waals surface area (Å²) in [7, 11) is 0. The zero-order chi connectivity index (χ0) is 20.3. The number of carbonyl (C=O) groups excluding carboxylic acids is 2.